The Morgan fingerprint density at radius 3 is 2.37 bits per heavy atom. The third kappa shape index (κ3) is 5.30. The van der Waals surface area contributed by atoms with Gasteiger partial charge in [-0.2, -0.15) is 0 Å². The number of halogens is 1. The van der Waals surface area contributed by atoms with E-state index in [1.807, 2.05) is 29.2 Å². The number of methoxy groups -OCH3 is 2. The first kappa shape index (κ1) is 24.7. The van der Waals surface area contributed by atoms with Gasteiger partial charge in [-0.15, -0.1) is 0 Å². The summed E-state index contributed by atoms with van der Waals surface area (Å²) in [6.07, 6.45) is 0. The molecular formula is C25H29ClN4O5. The summed E-state index contributed by atoms with van der Waals surface area (Å²) in [5, 5.41) is 3.53. The lowest BCUT2D eigenvalue weighted by atomic mass is 9.90. The fourth-order valence-corrected chi connectivity index (χ4v) is 4.46. The number of carbonyl (C=O) groups is 2. The first-order valence-corrected chi connectivity index (χ1v) is 11.9. The molecule has 1 saturated heterocycles. The van der Waals surface area contributed by atoms with Crippen molar-refractivity contribution >= 4 is 35.1 Å². The first-order valence-electron chi connectivity index (χ1n) is 11.5. The molecule has 0 bridgehead atoms. The number of aliphatic imine (C=N–C) groups is 1. The van der Waals surface area contributed by atoms with Crippen LogP contribution >= 0.6 is 11.6 Å². The highest BCUT2D eigenvalue weighted by atomic mass is 35.5. The first-order chi connectivity index (χ1) is 16.9. The van der Waals surface area contributed by atoms with Crippen molar-refractivity contribution in [2.45, 2.75) is 13.0 Å². The van der Waals surface area contributed by atoms with Crippen LogP contribution in [0.1, 0.15) is 18.5 Å². The third-order valence-electron chi connectivity index (χ3n) is 6.17. The number of amides is 1. The number of carbonyl (C=O) groups excluding carboxylic acids is 2. The molecule has 2 heterocycles. The Balaban J connectivity index is 1.61. The molecule has 2 aliphatic heterocycles. The van der Waals surface area contributed by atoms with Gasteiger partial charge in [0.15, 0.2) is 5.92 Å². The number of rotatable bonds is 6. The lowest BCUT2D eigenvalue weighted by molar-refractivity contribution is -0.153. The van der Waals surface area contributed by atoms with Crippen molar-refractivity contribution in [2.24, 2.45) is 10.9 Å². The minimum atomic E-state index is -1.13. The second-order valence-corrected chi connectivity index (χ2v) is 8.61. The van der Waals surface area contributed by atoms with Crippen LogP contribution in [0.2, 0.25) is 5.02 Å². The van der Waals surface area contributed by atoms with Gasteiger partial charge in [-0.1, -0.05) is 11.6 Å². The molecule has 0 saturated carbocycles. The monoisotopic (exact) mass is 500 g/mol. The molecule has 1 fully saturated rings. The molecule has 2 atom stereocenters. The molecule has 0 radical (unpaired) electrons. The number of hydrogen-bond acceptors (Lipinski definition) is 8. The van der Waals surface area contributed by atoms with Gasteiger partial charge in [0.25, 0.3) is 0 Å². The van der Waals surface area contributed by atoms with Gasteiger partial charge in [-0.3, -0.25) is 14.9 Å². The number of anilines is 1. The zero-order chi connectivity index (χ0) is 24.9. The molecule has 0 aromatic heterocycles. The zero-order valence-electron chi connectivity index (χ0n) is 20.0. The van der Waals surface area contributed by atoms with Crippen molar-refractivity contribution in [1.29, 1.82) is 0 Å². The van der Waals surface area contributed by atoms with Crippen molar-refractivity contribution in [1.82, 2.24) is 10.2 Å². The van der Waals surface area contributed by atoms with Gasteiger partial charge >= 0.3 is 5.97 Å². The number of guanidine groups is 1. The molecule has 35 heavy (non-hydrogen) atoms. The van der Waals surface area contributed by atoms with Gasteiger partial charge in [-0.05, 0) is 43.3 Å². The van der Waals surface area contributed by atoms with Crippen LogP contribution < -0.4 is 19.7 Å². The minimum absolute atomic E-state index is 0.165. The van der Waals surface area contributed by atoms with Gasteiger partial charge < -0.3 is 24.0 Å². The molecule has 186 valence electrons. The maximum Gasteiger partial charge on any atom is 0.321 e. The van der Waals surface area contributed by atoms with Crippen molar-refractivity contribution in [3.8, 4) is 11.5 Å². The second-order valence-electron chi connectivity index (χ2n) is 8.17. The predicted octanol–water partition coefficient (Wildman–Crippen LogP) is 2.89. The Morgan fingerprint density at radius 2 is 1.74 bits per heavy atom. The zero-order valence-corrected chi connectivity index (χ0v) is 20.7. The van der Waals surface area contributed by atoms with Crippen molar-refractivity contribution in [3.63, 3.8) is 0 Å². The smallest absolute Gasteiger partial charge is 0.321 e. The molecule has 1 amide bonds. The number of nitrogens with zero attached hydrogens (tertiary/aromatic N) is 3. The number of benzene rings is 2. The standard InChI is InChI=1S/C25H29ClN4O5/c1-4-35-24(32)21-22(19-10-9-18(33-2)15-20(19)34-3)27-25(28-23(21)31)30-13-11-29(12-14-30)17-7-5-16(26)6-8-17/h5-10,15,21-22H,4,11-14H2,1-3H3,(H,27,28,31)/t21-,22+/m1/s1. The maximum absolute atomic E-state index is 13.2. The van der Waals surface area contributed by atoms with Crippen molar-refractivity contribution in [2.75, 3.05) is 51.9 Å². The number of nitrogens with one attached hydrogen (secondary N) is 1. The van der Waals surface area contributed by atoms with Crippen LogP contribution in [-0.2, 0) is 14.3 Å². The molecule has 2 aromatic rings. The molecule has 2 aromatic carbocycles. The van der Waals surface area contributed by atoms with Gasteiger partial charge in [-0.25, -0.2) is 4.99 Å². The van der Waals surface area contributed by atoms with E-state index in [1.54, 1.807) is 32.2 Å². The molecule has 1 N–H and O–H groups in total. The SMILES string of the molecule is CCOC(=O)[C@H]1C(=O)NC(N2CCN(c3ccc(Cl)cc3)CC2)=N[C@H]1c1ccc(OC)cc1OC. The summed E-state index contributed by atoms with van der Waals surface area (Å²) in [4.78, 5) is 35.1. The quantitative estimate of drug-likeness (QED) is 0.481. The molecule has 10 heteroatoms. The van der Waals surface area contributed by atoms with E-state index in [-0.39, 0.29) is 6.61 Å². The molecule has 4 rings (SSSR count). The molecule has 2 aliphatic rings. The van der Waals surface area contributed by atoms with E-state index in [1.165, 1.54) is 7.11 Å². The van der Waals surface area contributed by atoms with Crippen LogP contribution in [0.4, 0.5) is 5.69 Å². The van der Waals surface area contributed by atoms with E-state index in [2.05, 4.69) is 10.2 Å². The van der Waals surface area contributed by atoms with Gasteiger partial charge in [0.05, 0.1) is 20.8 Å². The lowest BCUT2D eigenvalue weighted by Gasteiger charge is -2.39. The predicted molar refractivity (Wildman–Crippen MR) is 133 cm³/mol. The highest BCUT2D eigenvalue weighted by Crippen LogP contribution is 2.38. The van der Waals surface area contributed by atoms with E-state index >= 15 is 0 Å². The maximum atomic E-state index is 13.2. The topological polar surface area (TPSA) is 92.7 Å². The number of hydrogen-bond donors (Lipinski definition) is 1. The molecule has 0 spiro atoms. The van der Waals surface area contributed by atoms with Crippen LogP contribution in [0, 0.1) is 5.92 Å². The van der Waals surface area contributed by atoms with E-state index in [4.69, 9.17) is 30.8 Å². The van der Waals surface area contributed by atoms with Crippen molar-refractivity contribution in [3.05, 3.63) is 53.1 Å². The summed E-state index contributed by atoms with van der Waals surface area (Å²) in [6.45, 7) is 4.66. The molecule has 0 unspecified atom stereocenters. The third-order valence-corrected chi connectivity index (χ3v) is 6.42. The van der Waals surface area contributed by atoms with E-state index in [0.717, 1.165) is 18.8 Å². The number of ether oxygens (including phenoxy) is 3. The molecule has 0 aliphatic carbocycles. The minimum Gasteiger partial charge on any atom is -0.497 e. The Bertz CT molecular complexity index is 1100. The Labute approximate surface area is 209 Å². The largest absolute Gasteiger partial charge is 0.497 e. The highest BCUT2D eigenvalue weighted by Gasteiger charge is 2.43. The Morgan fingerprint density at radius 1 is 1.06 bits per heavy atom. The van der Waals surface area contributed by atoms with Gasteiger partial charge in [0, 0.05) is 48.5 Å². The summed E-state index contributed by atoms with van der Waals surface area (Å²) in [6, 6.07) is 12.2. The average molecular weight is 501 g/mol. The van der Waals surface area contributed by atoms with Crippen molar-refractivity contribution < 1.29 is 23.8 Å². The Hall–Kier alpha value is -3.46. The normalized spacial score (nSPS) is 20.1. The summed E-state index contributed by atoms with van der Waals surface area (Å²) in [5.74, 6) is -0.680. The van der Waals surface area contributed by atoms with E-state index in [9.17, 15) is 9.59 Å². The molecule has 9 nitrogen and oxygen atoms in total. The van der Waals surface area contributed by atoms with Crippen LogP contribution in [0.15, 0.2) is 47.5 Å². The van der Waals surface area contributed by atoms with Gasteiger partial charge in [0.2, 0.25) is 11.9 Å². The summed E-state index contributed by atoms with van der Waals surface area (Å²) in [5.41, 5.74) is 1.70. The lowest BCUT2D eigenvalue weighted by Crippen LogP contribution is -2.57. The summed E-state index contributed by atoms with van der Waals surface area (Å²) in [7, 11) is 3.09. The summed E-state index contributed by atoms with van der Waals surface area (Å²) >= 11 is 6.01. The van der Waals surface area contributed by atoms with Gasteiger partial charge in [0.1, 0.15) is 17.5 Å². The van der Waals surface area contributed by atoms with Crippen LogP contribution in [0.5, 0.6) is 11.5 Å². The highest BCUT2D eigenvalue weighted by molar-refractivity contribution is 6.30. The fraction of sp³-hybridized carbons (Fsp3) is 0.400. The average Bonchev–Trinajstić information content (AvgIpc) is 2.88. The number of piperazine rings is 1. The van der Waals surface area contributed by atoms with E-state index in [0.29, 0.717) is 41.1 Å². The Kier molecular flexibility index (Phi) is 7.65. The van der Waals surface area contributed by atoms with Crippen LogP contribution in [0.25, 0.3) is 0 Å². The van der Waals surface area contributed by atoms with Crippen LogP contribution in [-0.4, -0.2) is 69.7 Å². The second kappa shape index (κ2) is 10.9. The molecular weight excluding hydrogens is 472 g/mol. The van der Waals surface area contributed by atoms with Crippen LogP contribution in [0.3, 0.4) is 0 Å². The number of esters is 1. The fourth-order valence-electron chi connectivity index (χ4n) is 4.34. The summed E-state index contributed by atoms with van der Waals surface area (Å²) < 4.78 is 16.1. The van der Waals surface area contributed by atoms with E-state index < -0.39 is 23.8 Å².